The van der Waals surface area contributed by atoms with Gasteiger partial charge in [-0.2, -0.15) is 0 Å². The molecule has 14 heavy (non-hydrogen) atoms. The zero-order valence-electron chi connectivity index (χ0n) is 10.0. The molecule has 0 aromatic heterocycles. The average molecular weight is 202 g/mol. The first-order chi connectivity index (χ1) is 6.61. The number of likely N-dealkylation sites (N-methyl/N-ethyl adjacent to an activating group) is 1. The van der Waals surface area contributed by atoms with E-state index in [9.17, 15) is 5.11 Å². The molecule has 0 saturated heterocycles. The van der Waals surface area contributed by atoms with Crippen molar-refractivity contribution in [2.75, 3.05) is 20.1 Å². The first kappa shape index (κ1) is 13.9. The van der Waals surface area contributed by atoms with Crippen molar-refractivity contribution in [2.45, 2.75) is 45.8 Å². The average Bonchev–Trinajstić information content (AvgIpc) is 2.16. The monoisotopic (exact) mass is 202 g/mol. The van der Waals surface area contributed by atoms with E-state index in [2.05, 4.69) is 24.5 Å². The van der Waals surface area contributed by atoms with Crippen LogP contribution in [0.2, 0.25) is 0 Å². The number of aliphatic hydroxyl groups excluding tert-OH is 1. The number of aliphatic hydroxyl groups is 1. The fourth-order valence-electron chi connectivity index (χ4n) is 1.46. The van der Waals surface area contributed by atoms with Crippen LogP contribution in [0.1, 0.15) is 33.6 Å². The quantitative estimate of drug-likeness (QED) is 0.514. The first-order valence-corrected chi connectivity index (χ1v) is 5.67. The molecule has 3 N–H and O–H groups in total. The predicted octanol–water partition coefficient (Wildman–Crippen LogP) is 0.981. The van der Waals surface area contributed by atoms with Crippen LogP contribution in [0.4, 0.5) is 0 Å². The molecule has 0 aliphatic heterocycles. The molecule has 0 aromatic rings. The van der Waals surface area contributed by atoms with Gasteiger partial charge in [-0.1, -0.05) is 20.8 Å². The second-order valence-corrected chi connectivity index (χ2v) is 4.26. The molecule has 0 saturated carbocycles. The Kier molecular flexibility index (Phi) is 8.14. The standard InChI is InChI=1S/C11H26N2O/c1-5-11(14)10(12-4)6-7-13-8-9(2)3/h9-14H,5-8H2,1-4H3. The van der Waals surface area contributed by atoms with Crippen LogP contribution in [0, 0.1) is 5.92 Å². The van der Waals surface area contributed by atoms with Gasteiger partial charge in [0.1, 0.15) is 0 Å². The minimum atomic E-state index is -0.221. The molecule has 2 atom stereocenters. The second-order valence-electron chi connectivity index (χ2n) is 4.26. The molecule has 0 bridgehead atoms. The molecule has 0 spiro atoms. The van der Waals surface area contributed by atoms with Gasteiger partial charge in [0.2, 0.25) is 0 Å². The van der Waals surface area contributed by atoms with Gasteiger partial charge in [0, 0.05) is 6.04 Å². The molecule has 3 heteroatoms. The van der Waals surface area contributed by atoms with E-state index in [4.69, 9.17) is 0 Å². The lowest BCUT2D eigenvalue weighted by molar-refractivity contribution is 0.122. The Labute approximate surface area is 88.3 Å². The lowest BCUT2D eigenvalue weighted by Gasteiger charge is -2.21. The van der Waals surface area contributed by atoms with Crippen LogP contribution >= 0.6 is 0 Å². The van der Waals surface area contributed by atoms with Crippen molar-refractivity contribution in [1.29, 1.82) is 0 Å². The summed E-state index contributed by atoms with van der Waals surface area (Å²) in [5, 5.41) is 16.2. The van der Waals surface area contributed by atoms with Crippen LogP contribution in [0.25, 0.3) is 0 Å². The van der Waals surface area contributed by atoms with Crippen molar-refractivity contribution < 1.29 is 5.11 Å². The summed E-state index contributed by atoms with van der Waals surface area (Å²) in [7, 11) is 1.91. The van der Waals surface area contributed by atoms with Gasteiger partial charge in [-0.3, -0.25) is 0 Å². The normalized spacial score (nSPS) is 15.9. The third-order valence-corrected chi connectivity index (χ3v) is 2.44. The Hall–Kier alpha value is -0.120. The second kappa shape index (κ2) is 8.21. The van der Waals surface area contributed by atoms with Crippen LogP contribution < -0.4 is 10.6 Å². The molecule has 0 fully saturated rings. The van der Waals surface area contributed by atoms with E-state index >= 15 is 0 Å². The van der Waals surface area contributed by atoms with E-state index in [1.807, 2.05) is 14.0 Å². The number of hydrogen-bond acceptors (Lipinski definition) is 3. The van der Waals surface area contributed by atoms with Gasteiger partial charge in [0.25, 0.3) is 0 Å². The smallest absolute Gasteiger partial charge is 0.0690 e. The van der Waals surface area contributed by atoms with Crippen molar-refractivity contribution >= 4 is 0 Å². The lowest BCUT2D eigenvalue weighted by Crippen LogP contribution is -2.39. The van der Waals surface area contributed by atoms with Crippen LogP contribution in [0.3, 0.4) is 0 Å². The maximum atomic E-state index is 9.64. The van der Waals surface area contributed by atoms with Crippen LogP contribution in [-0.4, -0.2) is 37.4 Å². The third kappa shape index (κ3) is 6.35. The molecule has 0 amide bonds. The van der Waals surface area contributed by atoms with Gasteiger partial charge in [0.05, 0.1) is 6.10 Å². The molecule has 86 valence electrons. The number of hydrogen-bond donors (Lipinski definition) is 3. The largest absolute Gasteiger partial charge is 0.392 e. The lowest BCUT2D eigenvalue weighted by atomic mass is 10.1. The van der Waals surface area contributed by atoms with Gasteiger partial charge in [-0.25, -0.2) is 0 Å². The summed E-state index contributed by atoms with van der Waals surface area (Å²) in [6.45, 7) is 8.43. The van der Waals surface area contributed by atoms with Crippen molar-refractivity contribution in [3.8, 4) is 0 Å². The van der Waals surface area contributed by atoms with E-state index in [-0.39, 0.29) is 12.1 Å². The number of rotatable bonds is 8. The summed E-state index contributed by atoms with van der Waals surface area (Å²) in [4.78, 5) is 0. The fraction of sp³-hybridized carbons (Fsp3) is 1.00. The minimum absolute atomic E-state index is 0.221. The topological polar surface area (TPSA) is 44.3 Å². The van der Waals surface area contributed by atoms with Crippen molar-refractivity contribution in [1.82, 2.24) is 10.6 Å². The highest BCUT2D eigenvalue weighted by atomic mass is 16.3. The zero-order chi connectivity index (χ0) is 11.0. The van der Waals surface area contributed by atoms with Gasteiger partial charge < -0.3 is 15.7 Å². The Morgan fingerprint density at radius 3 is 2.36 bits per heavy atom. The Morgan fingerprint density at radius 2 is 1.93 bits per heavy atom. The van der Waals surface area contributed by atoms with E-state index in [0.717, 1.165) is 25.9 Å². The molecule has 0 aliphatic rings. The van der Waals surface area contributed by atoms with Gasteiger partial charge in [-0.15, -0.1) is 0 Å². The predicted molar refractivity (Wildman–Crippen MR) is 61.5 cm³/mol. The van der Waals surface area contributed by atoms with E-state index in [1.165, 1.54) is 0 Å². The van der Waals surface area contributed by atoms with E-state index in [1.54, 1.807) is 0 Å². The molecule has 0 aliphatic carbocycles. The maximum Gasteiger partial charge on any atom is 0.0690 e. The van der Waals surface area contributed by atoms with Gasteiger partial charge in [-0.05, 0) is 38.9 Å². The highest BCUT2D eigenvalue weighted by Crippen LogP contribution is 2.01. The summed E-state index contributed by atoms with van der Waals surface area (Å²) >= 11 is 0. The molecule has 0 rings (SSSR count). The van der Waals surface area contributed by atoms with Gasteiger partial charge >= 0.3 is 0 Å². The summed E-state index contributed by atoms with van der Waals surface area (Å²) in [5.41, 5.74) is 0. The highest BCUT2D eigenvalue weighted by molar-refractivity contribution is 4.73. The van der Waals surface area contributed by atoms with Crippen LogP contribution in [-0.2, 0) is 0 Å². The molecule has 0 heterocycles. The third-order valence-electron chi connectivity index (χ3n) is 2.44. The molecule has 2 unspecified atom stereocenters. The Bertz CT molecular complexity index is 128. The van der Waals surface area contributed by atoms with Crippen molar-refractivity contribution in [3.05, 3.63) is 0 Å². The van der Waals surface area contributed by atoms with E-state index in [0.29, 0.717) is 5.92 Å². The number of nitrogens with one attached hydrogen (secondary N) is 2. The molecule has 0 radical (unpaired) electrons. The van der Waals surface area contributed by atoms with Crippen molar-refractivity contribution in [2.24, 2.45) is 5.92 Å². The summed E-state index contributed by atoms with van der Waals surface area (Å²) in [6, 6.07) is 0.222. The fourth-order valence-corrected chi connectivity index (χ4v) is 1.46. The maximum absolute atomic E-state index is 9.64. The van der Waals surface area contributed by atoms with Crippen LogP contribution in [0.15, 0.2) is 0 Å². The van der Waals surface area contributed by atoms with Crippen LogP contribution in [0.5, 0.6) is 0 Å². The zero-order valence-corrected chi connectivity index (χ0v) is 10.0. The minimum Gasteiger partial charge on any atom is -0.392 e. The molecular formula is C11H26N2O. The highest BCUT2D eigenvalue weighted by Gasteiger charge is 2.14. The molecule has 3 nitrogen and oxygen atoms in total. The summed E-state index contributed by atoms with van der Waals surface area (Å²) in [6.07, 6.45) is 1.58. The van der Waals surface area contributed by atoms with Crippen molar-refractivity contribution in [3.63, 3.8) is 0 Å². The van der Waals surface area contributed by atoms with E-state index < -0.39 is 0 Å². The summed E-state index contributed by atoms with van der Waals surface area (Å²) in [5.74, 6) is 0.694. The van der Waals surface area contributed by atoms with Gasteiger partial charge in [0.15, 0.2) is 0 Å². The molecular weight excluding hydrogens is 176 g/mol. The Morgan fingerprint density at radius 1 is 1.29 bits per heavy atom. The summed E-state index contributed by atoms with van der Waals surface area (Å²) < 4.78 is 0. The SMILES string of the molecule is CCC(O)C(CCNCC(C)C)NC. The first-order valence-electron chi connectivity index (χ1n) is 5.67. The molecule has 0 aromatic carbocycles. The Balaban J connectivity index is 3.52.